The molecule has 0 radical (unpaired) electrons. The first-order valence-electron chi connectivity index (χ1n) is 18.1. The van der Waals surface area contributed by atoms with Crippen LogP contribution in [-0.2, 0) is 13.1 Å². The highest BCUT2D eigenvalue weighted by molar-refractivity contribution is 6.00. The fourth-order valence-electron chi connectivity index (χ4n) is 9.44. The van der Waals surface area contributed by atoms with Crippen LogP contribution in [0.4, 0.5) is 5.69 Å². The normalized spacial score (nSPS) is 24.1. The van der Waals surface area contributed by atoms with Crippen LogP contribution < -0.4 is 14.4 Å². The van der Waals surface area contributed by atoms with Crippen molar-refractivity contribution in [3.63, 3.8) is 0 Å². The van der Waals surface area contributed by atoms with Crippen LogP contribution in [0.5, 0.6) is 11.6 Å². The SMILES string of the molecule is CN=Cc1ncccc1N1CC(Cn2c(-c3cc4ccc(OC)nc4n3CC3CC3)nc3cc(C(=O)N4CC5CC6CC4[C@H]65)cc(OC)c32)C1. The second-order valence-corrected chi connectivity index (χ2v) is 15.1. The third-order valence-corrected chi connectivity index (χ3v) is 12.1. The highest BCUT2D eigenvalue weighted by atomic mass is 16.5. The summed E-state index contributed by atoms with van der Waals surface area (Å²) in [6.07, 6.45) is 8.51. The van der Waals surface area contributed by atoms with Gasteiger partial charge in [0.2, 0.25) is 5.88 Å². The maximum Gasteiger partial charge on any atom is 0.254 e. The van der Waals surface area contributed by atoms with Gasteiger partial charge in [-0.15, -0.1) is 0 Å². The number of imidazole rings is 1. The summed E-state index contributed by atoms with van der Waals surface area (Å²) in [5.41, 5.74) is 6.30. The number of fused-ring (bicyclic) bond motifs is 2. The van der Waals surface area contributed by atoms with Gasteiger partial charge in [-0.25, -0.2) is 4.98 Å². The average molecular weight is 671 g/mol. The van der Waals surface area contributed by atoms with Crippen LogP contribution >= 0.6 is 0 Å². The van der Waals surface area contributed by atoms with Crippen molar-refractivity contribution in [2.45, 2.75) is 44.8 Å². The van der Waals surface area contributed by atoms with E-state index >= 15 is 0 Å². The molecule has 1 amide bonds. The predicted octanol–water partition coefficient (Wildman–Crippen LogP) is 5.54. The molecule has 2 aliphatic heterocycles. The number of amides is 1. The molecule has 10 rings (SSSR count). The zero-order valence-corrected chi connectivity index (χ0v) is 28.8. The molecule has 3 unspecified atom stereocenters. The van der Waals surface area contributed by atoms with Crippen LogP contribution in [0.3, 0.4) is 0 Å². The molecule has 3 aliphatic carbocycles. The van der Waals surface area contributed by atoms with Crippen molar-refractivity contribution in [1.82, 2.24) is 29.0 Å². The number of pyridine rings is 2. The van der Waals surface area contributed by atoms with Gasteiger partial charge in [-0.2, -0.15) is 4.98 Å². The number of aliphatic imine (C=N–C) groups is 1. The Hall–Kier alpha value is -4.93. The summed E-state index contributed by atoms with van der Waals surface area (Å²) in [4.78, 5) is 37.7. The number of likely N-dealkylation sites (tertiary alicyclic amines) is 1. The van der Waals surface area contributed by atoms with E-state index in [1.165, 1.54) is 19.3 Å². The first-order chi connectivity index (χ1) is 24.5. The predicted molar refractivity (Wildman–Crippen MR) is 192 cm³/mol. The Balaban J connectivity index is 1.07. The summed E-state index contributed by atoms with van der Waals surface area (Å²) in [5.74, 6) is 5.49. The zero-order chi connectivity index (χ0) is 33.7. The summed E-state index contributed by atoms with van der Waals surface area (Å²) in [5, 5.41) is 1.06. The first-order valence-corrected chi connectivity index (χ1v) is 18.1. The van der Waals surface area contributed by atoms with Crippen molar-refractivity contribution in [3.8, 4) is 23.1 Å². The fourth-order valence-corrected chi connectivity index (χ4v) is 9.44. The summed E-state index contributed by atoms with van der Waals surface area (Å²) in [6.45, 7) is 4.28. The second kappa shape index (κ2) is 11.3. The van der Waals surface area contributed by atoms with Gasteiger partial charge in [-0.1, -0.05) is 0 Å². The lowest BCUT2D eigenvalue weighted by Gasteiger charge is -2.52. The van der Waals surface area contributed by atoms with Crippen molar-refractivity contribution in [2.24, 2.45) is 34.6 Å². The molecule has 5 aromatic rings. The highest BCUT2D eigenvalue weighted by Gasteiger charge is 2.61. The lowest BCUT2D eigenvalue weighted by Crippen LogP contribution is -2.53. The van der Waals surface area contributed by atoms with Crippen molar-refractivity contribution in [3.05, 3.63) is 59.9 Å². The second-order valence-electron chi connectivity index (χ2n) is 15.1. The molecule has 5 aliphatic rings. The van der Waals surface area contributed by atoms with Gasteiger partial charge in [0.05, 0.1) is 31.1 Å². The smallest absolute Gasteiger partial charge is 0.254 e. The van der Waals surface area contributed by atoms with Crippen LogP contribution in [0, 0.1) is 29.6 Å². The third kappa shape index (κ3) is 4.58. The molecule has 50 heavy (non-hydrogen) atoms. The molecule has 6 heterocycles. The van der Waals surface area contributed by atoms with Crippen molar-refractivity contribution in [1.29, 1.82) is 0 Å². The lowest BCUT2D eigenvalue weighted by molar-refractivity contribution is -0.0204. The Morgan fingerprint density at radius 1 is 0.960 bits per heavy atom. The number of nitrogens with zero attached hydrogens (tertiary/aromatic N) is 8. The summed E-state index contributed by atoms with van der Waals surface area (Å²) < 4.78 is 16.3. The molecule has 4 atom stereocenters. The molecule has 2 saturated heterocycles. The number of hydrogen-bond acceptors (Lipinski definition) is 8. The van der Waals surface area contributed by atoms with Crippen LogP contribution in [0.2, 0.25) is 0 Å². The van der Waals surface area contributed by atoms with E-state index in [4.69, 9.17) is 19.4 Å². The van der Waals surface area contributed by atoms with Crippen LogP contribution in [0.15, 0.2) is 53.7 Å². The van der Waals surface area contributed by atoms with E-state index in [9.17, 15) is 4.79 Å². The molecule has 11 heteroatoms. The molecule has 3 saturated carbocycles. The Morgan fingerprint density at radius 2 is 1.82 bits per heavy atom. The Bertz CT molecular complexity index is 2190. The molecule has 0 bridgehead atoms. The topological polar surface area (TPSA) is 103 Å². The van der Waals surface area contributed by atoms with Gasteiger partial charge in [0.15, 0.2) is 5.82 Å². The molecular weight excluding hydrogens is 628 g/mol. The molecule has 0 N–H and O–H groups in total. The first kappa shape index (κ1) is 29.9. The molecule has 1 aromatic carbocycles. The third-order valence-electron chi connectivity index (χ3n) is 12.1. The molecule has 5 fully saturated rings. The largest absolute Gasteiger partial charge is 0.494 e. The Kier molecular flexibility index (Phi) is 6.76. The van der Waals surface area contributed by atoms with Crippen LogP contribution in [0.1, 0.15) is 41.7 Å². The van der Waals surface area contributed by atoms with E-state index in [1.54, 1.807) is 21.3 Å². The van der Waals surface area contributed by atoms with Gasteiger partial charge >= 0.3 is 0 Å². The van der Waals surface area contributed by atoms with Crippen LogP contribution in [-0.4, -0.2) is 88.1 Å². The fraction of sp³-hybridized carbons (Fsp3) is 0.462. The number of hydrogen-bond donors (Lipinski definition) is 0. The summed E-state index contributed by atoms with van der Waals surface area (Å²) in [6, 6.07) is 14.7. The van der Waals surface area contributed by atoms with Gasteiger partial charge in [0.1, 0.15) is 22.6 Å². The molecule has 0 spiro atoms. The zero-order valence-electron chi connectivity index (χ0n) is 28.8. The number of benzene rings is 1. The lowest BCUT2D eigenvalue weighted by atomic mass is 9.53. The Morgan fingerprint density at radius 3 is 2.58 bits per heavy atom. The van der Waals surface area contributed by atoms with E-state index in [0.717, 1.165) is 95.9 Å². The minimum absolute atomic E-state index is 0.107. The van der Waals surface area contributed by atoms with Gasteiger partial charge in [-0.05, 0) is 85.8 Å². The van der Waals surface area contributed by atoms with Crippen LogP contribution in [0.25, 0.3) is 33.6 Å². The van der Waals surface area contributed by atoms with Gasteiger partial charge < -0.3 is 28.4 Å². The maximum atomic E-state index is 14.1. The number of carbonyl (C=O) groups is 1. The number of rotatable bonds is 10. The summed E-state index contributed by atoms with van der Waals surface area (Å²) >= 11 is 0. The number of ether oxygens (including phenoxy) is 2. The maximum absolute atomic E-state index is 14.1. The quantitative estimate of drug-likeness (QED) is 0.180. The average Bonchev–Trinajstić information content (AvgIpc) is 3.76. The van der Waals surface area contributed by atoms with Gasteiger partial charge in [0.25, 0.3) is 5.91 Å². The number of anilines is 1. The molecule has 11 nitrogen and oxygen atoms in total. The van der Waals surface area contributed by atoms with E-state index in [0.29, 0.717) is 41.0 Å². The standard InChI is InChI=1S/C39H42N8O3/c1-40-16-29-30(5-4-10-41-29)44-17-23(18-44)20-47-36-28(12-26(15-33(36)49-2)39(48)46-21-27-11-25-14-31(46)35(25)27)42-38(47)32-13-24-8-9-34(50-3)43-37(24)45(32)19-22-6-7-22/h4-5,8-10,12-13,15-16,22-23,25,27,31,35H,6-7,11,14,17-21H2,1-3H3/t25?,27?,31?,35-/m1/s1. The highest BCUT2D eigenvalue weighted by Crippen LogP contribution is 2.61. The Labute approximate surface area is 290 Å². The molecule has 256 valence electrons. The number of methoxy groups -OCH3 is 2. The van der Waals surface area contributed by atoms with Crippen molar-refractivity contribution in [2.75, 3.05) is 45.8 Å². The monoisotopic (exact) mass is 670 g/mol. The van der Waals surface area contributed by atoms with E-state index in [1.807, 2.05) is 36.7 Å². The van der Waals surface area contributed by atoms with Gasteiger partial charge in [-0.3, -0.25) is 14.8 Å². The summed E-state index contributed by atoms with van der Waals surface area (Å²) in [7, 11) is 5.15. The molecular formula is C39H42N8O3. The van der Waals surface area contributed by atoms with Crippen molar-refractivity contribution < 1.29 is 14.3 Å². The van der Waals surface area contributed by atoms with E-state index in [2.05, 4.69) is 47.1 Å². The van der Waals surface area contributed by atoms with Crippen molar-refractivity contribution >= 4 is 39.9 Å². The van der Waals surface area contributed by atoms with E-state index < -0.39 is 0 Å². The molecule has 4 aromatic heterocycles. The number of carbonyl (C=O) groups excluding carboxylic acids is 1. The minimum Gasteiger partial charge on any atom is -0.494 e. The van der Waals surface area contributed by atoms with E-state index in [-0.39, 0.29) is 5.91 Å². The number of aromatic nitrogens is 5. The van der Waals surface area contributed by atoms with Gasteiger partial charge in [0, 0.05) is 81.2 Å². The minimum atomic E-state index is 0.107.